The summed E-state index contributed by atoms with van der Waals surface area (Å²) in [5.41, 5.74) is 1.97. The van der Waals surface area contributed by atoms with Crippen molar-refractivity contribution in [1.29, 1.82) is 0 Å². The average Bonchev–Trinajstić information content (AvgIpc) is 2.67. The lowest BCUT2D eigenvalue weighted by molar-refractivity contribution is 0.0754. The van der Waals surface area contributed by atoms with Crippen molar-refractivity contribution in [2.75, 3.05) is 7.05 Å². The van der Waals surface area contributed by atoms with Gasteiger partial charge in [-0.25, -0.2) is 0 Å². The maximum Gasteiger partial charge on any atom is 0.289 e. The monoisotopic (exact) mass is 344 g/mol. The topological polar surface area (TPSA) is 63.4 Å². The second kappa shape index (κ2) is 6.44. The van der Waals surface area contributed by atoms with Crippen molar-refractivity contribution >= 4 is 27.8 Å². The van der Waals surface area contributed by atoms with Gasteiger partial charge in [-0.3, -0.25) is 14.6 Å². The molecule has 0 aliphatic rings. The van der Waals surface area contributed by atoms with E-state index in [1.54, 1.807) is 37.5 Å². The van der Waals surface area contributed by atoms with Gasteiger partial charge in [-0.15, -0.1) is 0 Å². The number of carbonyl (C=O) groups is 1. The van der Waals surface area contributed by atoms with Gasteiger partial charge in [0.25, 0.3) is 5.91 Å². The van der Waals surface area contributed by atoms with Gasteiger partial charge >= 0.3 is 0 Å². The fourth-order valence-corrected chi connectivity index (χ4v) is 3.02. The third kappa shape index (κ3) is 2.84. The Bertz CT molecular complexity index is 1180. The largest absolute Gasteiger partial charge is 0.451 e. The molecule has 2 aromatic carbocycles. The van der Waals surface area contributed by atoms with Crippen LogP contribution in [0, 0.1) is 0 Å². The highest BCUT2D eigenvalue weighted by Crippen LogP contribution is 2.19. The number of aromatic nitrogens is 1. The fraction of sp³-hybridized carbons (Fsp3) is 0.0952. The molecular weight excluding hydrogens is 328 g/mol. The van der Waals surface area contributed by atoms with Crippen molar-refractivity contribution in [2.45, 2.75) is 6.54 Å². The Morgan fingerprint density at radius 1 is 1.08 bits per heavy atom. The molecule has 5 nitrogen and oxygen atoms in total. The van der Waals surface area contributed by atoms with Crippen LogP contribution < -0.4 is 5.43 Å². The molecule has 2 aromatic heterocycles. The summed E-state index contributed by atoms with van der Waals surface area (Å²) in [6.45, 7) is 0.365. The summed E-state index contributed by atoms with van der Waals surface area (Å²) < 4.78 is 5.64. The second-order valence-corrected chi connectivity index (χ2v) is 6.12. The van der Waals surface area contributed by atoms with E-state index in [0.29, 0.717) is 17.5 Å². The van der Waals surface area contributed by atoms with Crippen LogP contribution in [0.5, 0.6) is 0 Å². The molecule has 0 bridgehead atoms. The van der Waals surface area contributed by atoms with E-state index >= 15 is 0 Å². The Labute approximate surface area is 149 Å². The zero-order valence-electron chi connectivity index (χ0n) is 14.2. The van der Waals surface area contributed by atoms with Gasteiger partial charge < -0.3 is 9.32 Å². The molecule has 0 spiro atoms. The molecule has 0 radical (unpaired) electrons. The number of hydrogen-bond acceptors (Lipinski definition) is 4. The normalized spacial score (nSPS) is 11.0. The lowest BCUT2D eigenvalue weighted by atomic mass is 10.1. The maximum absolute atomic E-state index is 12.8. The van der Waals surface area contributed by atoms with Crippen LogP contribution in [0.3, 0.4) is 0 Å². The molecule has 26 heavy (non-hydrogen) atoms. The molecule has 1 amide bonds. The number of nitrogens with zero attached hydrogens (tertiary/aromatic N) is 2. The summed E-state index contributed by atoms with van der Waals surface area (Å²) in [6, 6.07) is 17.9. The molecule has 0 saturated carbocycles. The van der Waals surface area contributed by atoms with E-state index in [9.17, 15) is 9.59 Å². The summed E-state index contributed by atoms with van der Waals surface area (Å²) in [5, 5.41) is 1.48. The molecule has 0 aliphatic carbocycles. The van der Waals surface area contributed by atoms with E-state index in [1.807, 2.05) is 30.3 Å². The number of amides is 1. The first-order valence-corrected chi connectivity index (χ1v) is 8.24. The van der Waals surface area contributed by atoms with Gasteiger partial charge in [0.1, 0.15) is 5.58 Å². The molecule has 0 atom stereocenters. The summed E-state index contributed by atoms with van der Waals surface area (Å²) in [6.07, 6.45) is 1.73. The third-order valence-electron chi connectivity index (χ3n) is 4.32. The van der Waals surface area contributed by atoms with Gasteiger partial charge in [0.05, 0.1) is 10.9 Å². The zero-order chi connectivity index (χ0) is 18.1. The molecule has 128 valence electrons. The van der Waals surface area contributed by atoms with Crippen molar-refractivity contribution in [2.24, 2.45) is 0 Å². The predicted octanol–water partition coefficient (Wildman–Crippen LogP) is 3.61. The van der Waals surface area contributed by atoms with Crippen LogP contribution in [-0.4, -0.2) is 22.8 Å². The maximum atomic E-state index is 12.8. The minimum Gasteiger partial charge on any atom is -0.451 e. The van der Waals surface area contributed by atoms with Crippen LogP contribution in [0.2, 0.25) is 0 Å². The first-order valence-electron chi connectivity index (χ1n) is 8.24. The first-order chi connectivity index (χ1) is 12.6. The van der Waals surface area contributed by atoms with E-state index in [-0.39, 0.29) is 17.1 Å². The Hall–Kier alpha value is -3.47. The quantitative estimate of drug-likeness (QED) is 0.569. The molecular formula is C21H16N2O3. The number of benzene rings is 2. The Morgan fingerprint density at radius 3 is 2.77 bits per heavy atom. The number of hydrogen-bond donors (Lipinski definition) is 0. The highest BCUT2D eigenvalue weighted by molar-refractivity contribution is 5.93. The third-order valence-corrected chi connectivity index (χ3v) is 4.32. The minimum absolute atomic E-state index is 0.0318. The first kappa shape index (κ1) is 16.0. The van der Waals surface area contributed by atoms with Gasteiger partial charge in [0.2, 0.25) is 0 Å². The predicted molar refractivity (Wildman–Crippen MR) is 100 cm³/mol. The van der Waals surface area contributed by atoms with Crippen LogP contribution >= 0.6 is 0 Å². The van der Waals surface area contributed by atoms with Crippen molar-refractivity contribution in [3.8, 4) is 0 Å². The van der Waals surface area contributed by atoms with Crippen molar-refractivity contribution in [3.63, 3.8) is 0 Å². The highest BCUT2D eigenvalue weighted by atomic mass is 16.3. The molecule has 0 N–H and O–H groups in total. The average molecular weight is 344 g/mol. The molecule has 0 unspecified atom stereocenters. The van der Waals surface area contributed by atoms with Gasteiger partial charge in [-0.1, -0.05) is 36.4 Å². The number of para-hydroxylation sites is 2. The molecule has 4 rings (SSSR count). The summed E-state index contributed by atoms with van der Waals surface area (Å²) >= 11 is 0. The molecule has 4 aromatic rings. The van der Waals surface area contributed by atoms with Gasteiger partial charge in [0, 0.05) is 31.2 Å². The lowest BCUT2D eigenvalue weighted by Crippen LogP contribution is -2.27. The second-order valence-electron chi connectivity index (χ2n) is 6.12. The van der Waals surface area contributed by atoms with E-state index in [1.165, 1.54) is 11.0 Å². The number of fused-ring (bicyclic) bond motifs is 2. The van der Waals surface area contributed by atoms with E-state index < -0.39 is 0 Å². The Kier molecular flexibility index (Phi) is 3.97. The van der Waals surface area contributed by atoms with E-state index in [0.717, 1.165) is 16.5 Å². The molecule has 0 aliphatic heterocycles. The van der Waals surface area contributed by atoms with Crippen molar-refractivity contribution < 1.29 is 9.21 Å². The van der Waals surface area contributed by atoms with Crippen molar-refractivity contribution in [3.05, 3.63) is 88.4 Å². The van der Waals surface area contributed by atoms with Gasteiger partial charge in [-0.2, -0.15) is 0 Å². The van der Waals surface area contributed by atoms with Crippen molar-refractivity contribution in [1.82, 2.24) is 9.88 Å². The summed E-state index contributed by atoms with van der Waals surface area (Å²) in [4.78, 5) is 30.9. The molecule has 2 heterocycles. The van der Waals surface area contributed by atoms with Crippen LogP contribution in [0.4, 0.5) is 0 Å². The van der Waals surface area contributed by atoms with Crippen LogP contribution in [0.25, 0.3) is 21.9 Å². The Morgan fingerprint density at radius 2 is 1.88 bits per heavy atom. The van der Waals surface area contributed by atoms with Gasteiger partial charge in [0.15, 0.2) is 11.2 Å². The zero-order valence-corrected chi connectivity index (χ0v) is 14.2. The van der Waals surface area contributed by atoms with Crippen LogP contribution in [-0.2, 0) is 6.54 Å². The smallest absolute Gasteiger partial charge is 0.289 e. The fourth-order valence-electron chi connectivity index (χ4n) is 3.02. The Balaban J connectivity index is 1.67. The summed E-state index contributed by atoms with van der Waals surface area (Å²) in [5.74, 6) is -0.315. The number of pyridine rings is 1. The minimum atomic E-state index is -0.346. The molecule has 0 fully saturated rings. The SMILES string of the molecule is CN(Cc1cccc2cccnc12)C(=O)c1cc(=O)c2ccccc2o1. The van der Waals surface area contributed by atoms with Gasteiger partial charge in [-0.05, 0) is 23.8 Å². The lowest BCUT2D eigenvalue weighted by Gasteiger charge is -2.17. The van der Waals surface area contributed by atoms with E-state index in [4.69, 9.17) is 4.42 Å². The standard InChI is InChI=1S/C21H16N2O3/c1-23(13-15-7-4-6-14-8-5-11-22-20(14)15)21(25)19-12-17(24)16-9-2-3-10-18(16)26-19/h2-12H,13H2,1H3. The van der Waals surface area contributed by atoms with E-state index in [2.05, 4.69) is 4.98 Å². The molecule has 0 saturated heterocycles. The molecule has 5 heteroatoms. The van der Waals surface area contributed by atoms with Crippen LogP contribution in [0.1, 0.15) is 16.1 Å². The highest BCUT2D eigenvalue weighted by Gasteiger charge is 2.17. The number of rotatable bonds is 3. The summed E-state index contributed by atoms with van der Waals surface area (Å²) in [7, 11) is 1.68. The number of carbonyl (C=O) groups excluding carboxylic acids is 1. The van der Waals surface area contributed by atoms with Crippen LogP contribution in [0.15, 0.2) is 76.1 Å².